The minimum absolute atomic E-state index is 0.0938. The highest BCUT2D eigenvalue weighted by Crippen LogP contribution is 2.20. The summed E-state index contributed by atoms with van der Waals surface area (Å²) in [6.45, 7) is 8.20. The average Bonchev–Trinajstić information content (AvgIpc) is 3.03. The predicted octanol–water partition coefficient (Wildman–Crippen LogP) is 3.36. The van der Waals surface area contributed by atoms with Gasteiger partial charge in [0.1, 0.15) is 5.82 Å². The van der Waals surface area contributed by atoms with Crippen LogP contribution in [0.25, 0.3) is 5.65 Å². The van der Waals surface area contributed by atoms with E-state index < -0.39 is 0 Å². The third-order valence-electron chi connectivity index (χ3n) is 4.11. The van der Waals surface area contributed by atoms with E-state index in [4.69, 9.17) is 0 Å². The van der Waals surface area contributed by atoms with Crippen LogP contribution in [0.4, 0.5) is 11.5 Å². The molecule has 2 aromatic heterocycles. The molecule has 0 aliphatic carbocycles. The maximum Gasteiger partial charge on any atom is 0.178 e. The Bertz CT molecular complexity index is 819. The maximum atomic E-state index is 4.64. The van der Waals surface area contributed by atoms with Gasteiger partial charge in [-0.3, -0.25) is 0 Å². The van der Waals surface area contributed by atoms with Gasteiger partial charge in [-0.25, -0.2) is 0 Å². The lowest BCUT2D eigenvalue weighted by Gasteiger charge is -2.19. The lowest BCUT2D eigenvalue weighted by Crippen LogP contribution is -2.21. The topological polar surface area (TPSA) is 58.3 Å². The first-order valence-electron chi connectivity index (χ1n) is 8.68. The predicted molar refractivity (Wildman–Crippen MR) is 102 cm³/mol. The molecule has 0 saturated heterocycles. The molecule has 0 atom stereocenters. The number of nitrogens with one attached hydrogen (secondary N) is 1. The minimum atomic E-state index is -0.0938. The number of aromatic nitrogens is 4. The minimum Gasteiger partial charge on any atom is -0.375 e. The Morgan fingerprint density at radius 1 is 1.04 bits per heavy atom. The van der Waals surface area contributed by atoms with E-state index in [-0.39, 0.29) is 5.41 Å². The van der Waals surface area contributed by atoms with Crippen LogP contribution in [0.5, 0.6) is 0 Å². The summed E-state index contributed by atoms with van der Waals surface area (Å²) in [7, 11) is 2.12. The molecule has 1 N–H and O–H groups in total. The van der Waals surface area contributed by atoms with E-state index in [0.717, 1.165) is 36.8 Å². The lowest BCUT2D eigenvalue weighted by molar-refractivity contribution is 0.527. The van der Waals surface area contributed by atoms with Crippen molar-refractivity contribution in [1.82, 2.24) is 19.8 Å². The van der Waals surface area contributed by atoms with Crippen molar-refractivity contribution < 1.29 is 0 Å². The van der Waals surface area contributed by atoms with Crippen LogP contribution in [-0.4, -0.2) is 39.9 Å². The van der Waals surface area contributed by atoms with Gasteiger partial charge in [-0.1, -0.05) is 39.0 Å². The first kappa shape index (κ1) is 17.2. The van der Waals surface area contributed by atoms with Crippen molar-refractivity contribution >= 4 is 17.2 Å². The van der Waals surface area contributed by atoms with Crippen molar-refractivity contribution in [1.29, 1.82) is 0 Å². The molecule has 2 heterocycles. The molecule has 132 valence electrons. The third-order valence-corrected chi connectivity index (χ3v) is 4.11. The molecule has 6 heteroatoms. The summed E-state index contributed by atoms with van der Waals surface area (Å²) in [6.07, 6.45) is 1.03. The monoisotopic (exact) mass is 338 g/mol. The Morgan fingerprint density at radius 2 is 1.80 bits per heavy atom. The molecule has 1 aromatic carbocycles. The van der Waals surface area contributed by atoms with Crippen LogP contribution in [0.15, 0.2) is 42.5 Å². The molecule has 0 aliphatic heterocycles. The van der Waals surface area contributed by atoms with Crippen LogP contribution in [0.1, 0.15) is 33.0 Å². The molecule has 3 aromatic rings. The van der Waals surface area contributed by atoms with Gasteiger partial charge < -0.3 is 10.2 Å². The van der Waals surface area contributed by atoms with Gasteiger partial charge in [-0.05, 0) is 30.7 Å². The van der Waals surface area contributed by atoms with Crippen LogP contribution in [-0.2, 0) is 5.41 Å². The smallest absolute Gasteiger partial charge is 0.178 e. The molecule has 0 fully saturated rings. The fraction of sp³-hybridized carbons (Fsp3) is 0.421. The largest absolute Gasteiger partial charge is 0.375 e. The summed E-state index contributed by atoms with van der Waals surface area (Å²) in [4.78, 5) is 2.26. The Balaban J connectivity index is 1.58. The van der Waals surface area contributed by atoms with Crippen LogP contribution < -0.4 is 10.2 Å². The van der Waals surface area contributed by atoms with Crippen molar-refractivity contribution in [2.75, 3.05) is 30.4 Å². The normalized spacial score (nSPS) is 11.7. The summed E-state index contributed by atoms with van der Waals surface area (Å²) in [5.74, 6) is 1.72. The molecule has 0 bridgehead atoms. The second-order valence-corrected chi connectivity index (χ2v) is 7.30. The highest BCUT2D eigenvalue weighted by atomic mass is 15.4. The third kappa shape index (κ3) is 4.07. The molecule has 0 spiro atoms. The number of hydrogen-bond donors (Lipinski definition) is 1. The molecular weight excluding hydrogens is 312 g/mol. The first-order valence-corrected chi connectivity index (χ1v) is 8.68. The van der Waals surface area contributed by atoms with Gasteiger partial charge in [-0.15, -0.1) is 15.3 Å². The van der Waals surface area contributed by atoms with Crippen molar-refractivity contribution in [3.63, 3.8) is 0 Å². The summed E-state index contributed by atoms with van der Waals surface area (Å²) >= 11 is 0. The molecule has 0 unspecified atom stereocenters. The number of fused-ring (bicyclic) bond motifs is 1. The summed E-state index contributed by atoms with van der Waals surface area (Å²) in [6, 6.07) is 14.3. The van der Waals surface area contributed by atoms with Crippen LogP contribution in [0.3, 0.4) is 0 Å². The Morgan fingerprint density at radius 3 is 2.52 bits per heavy atom. The van der Waals surface area contributed by atoms with Crippen molar-refractivity contribution in [3.8, 4) is 0 Å². The van der Waals surface area contributed by atoms with Gasteiger partial charge in [0, 0.05) is 31.2 Å². The Hall–Kier alpha value is -2.63. The zero-order valence-corrected chi connectivity index (χ0v) is 15.4. The van der Waals surface area contributed by atoms with Gasteiger partial charge in [-0.2, -0.15) is 4.52 Å². The summed E-state index contributed by atoms with van der Waals surface area (Å²) in [5, 5.41) is 16.5. The van der Waals surface area contributed by atoms with E-state index in [1.807, 2.05) is 22.7 Å². The average molecular weight is 338 g/mol. The van der Waals surface area contributed by atoms with Crippen LogP contribution >= 0.6 is 0 Å². The van der Waals surface area contributed by atoms with E-state index in [1.54, 1.807) is 0 Å². The molecule has 0 amide bonds. The molecule has 0 aliphatic rings. The highest BCUT2D eigenvalue weighted by Gasteiger charge is 2.21. The van der Waals surface area contributed by atoms with Gasteiger partial charge >= 0.3 is 0 Å². The fourth-order valence-electron chi connectivity index (χ4n) is 2.70. The molecule has 0 saturated carbocycles. The van der Waals surface area contributed by atoms with E-state index in [0.29, 0.717) is 0 Å². The Kier molecular flexibility index (Phi) is 4.88. The van der Waals surface area contributed by atoms with E-state index in [9.17, 15) is 0 Å². The number of para-hydroxylation sites is 1. The molecule has 6 nitrogen and oxygen atoms in total. The zero-order valence-electron chi connectivity index (χ0n) is 15.4. The highest BCUT2D eigenvalue weighted by molar-refractivity contribution is 5.46. The Labute approximate surface area is 148 Å². The standard InChI is InChI=1S/C19H26N6/c1-19(2,3)18-22-21-17-12-11-16(23-25(17)18)20-13-8-14-24(4)15-9-6-5-7-10-15/h5-7,9-12H,8,13-14H2,1-4H3,(H,20,23). The zero-order chi connectivity index (χ0) is 17.9. The van der Waals surface area contributed by atoms with Gasteiger partial charge in [0.25, 0.3) is 0 Å². The second-order valence-electron chi connectivity index (χ2n) is 7.30. The SMILES string of the molecule is CN(CCCNc1ccc2nnc(C(C)(C)C)n2n1)c1ccccc1. The lowest BCUT2D eigenvalue weighted by atomic mass is 9.96. The van der Waals surface area contributed by atoms with E-state index >= 15 is 0 Å². The van der Waals surface area contributed by atoms with E-state index in [1.165, 1.54) is 5.69 Å². The fourth-order valence-corrected chi connectivity index (χ4v) is 2.70. The number of benzene rings is 1. The van der Waals surface area contributed by atoms with Crippen molar-refractivity contribution in [2.45, 2.75) is 32.6 Å². The molecule has 3 rings (SSSR count). The summed E-state index contributed by atoms with van der Waals surface area (Å²) < 4.78 is 1.83. The first-order chi connectivity index (χ1) is 11.9. The number of rotatable bonds is 6. The summed E-state index contributed by atoms with van der Waals surface area (Å²) in [5.41, 5.74) is 1.92. The van der Waals surface area contributed by atoms with Crippen LogP contribution in [0, 0.1) is 0 Å². The van der Waals surface area contributed by atoms with Crippen molar-refractivity contribution in [3.05, 3.63) is 48.3 Å². The molecule has 0 radical (unpaired) electrons. The molecular formula is C19H26N6. The van der Waals surface area contributed by atoms with Gasteiger partial charge in [0.05, 0.1) is 0 Å². The van der Waals surface area contributed by atoms with Gasteiger partial charge in [0.2, 0.25) is 0 Å². The van der Waals surface area contributed by atoms with Crippen LogP contribution in [0.2, 0.25) is 0 Å². The molecule has 25 heavy (non-hydrogen) atoms. The number of nitrogens with zero attached hydrogens (tertiary/aromatic N) is 5. The van der Waals surface area contributed by atoms with Crippen molar-refractivity contribution in [2.24, 2.45) is 0 Å². The second kappa shape index (κ2) is 7.09. The quantitative estimate of drug-likeness (QED) is 0.699. The maximum absolute atomic E-state index is 4.64. The number of hydrogen-bond acceptors (Lipinski definition) is 5. The van der Waals surface area contributed by atoms with Gasteiger partial charge in [0.15, 0.2) is 11.5 Å². The number of anilines is 2. The van der Waals surface area contributed by atoms with E-state index in [2.05, 4.69) is 77.6 Å².